The van der Waals surface area contributed by atoms with Gasteiger partial charge in [0.25, 0.3) is 0 Å². The predicted molar refractivity (Wildman–Crippen MR) is 60.1 cm³/mol. The number of alkyl halides is 3. The highest BCUT2D eigenvalue weighted by molar-refractivity contribution is 5.73. The zero-order chi connectivity index (χ0) is 13.6. The van der Waals surface area contributed by atoms with Crippen molar-refractivity contribution in [1.82, 2.24) is 10.6 Å². The molecule has 1 aliphatic rings. The Labute approximate surface area is 104 Å². The number of amides is 2. The molecule has 0 radical (unpaired) electrons. The van der Waals surface area contributed by atoms with Gasteiger partial charge in [-0.1, -0.05) is 19.3 Å². The summed E-state index contributed by atoms with van der Waals surface area (Å²) in [7, 11) is 0. The maximum Gasteiger partial charge on any atom is 0.405 e. The first-order valence-corrected chi connectivity index (χ1v) is 6.06. The lowest BCUT2D eigenvalue weighted by Gasteiger charge is -2.35. The molecule has 106 valence electrons. The first-order valence-electron chi connectivity index (χ1n) is 6.06. The van der Waals surface area contributed by atoms with E-state index in [2.05, 4.69) is 5.32 Å². The second-order valence-electron chi connectivity index (χ2n) is 4.87. The molecule has 0 saturated heterocycles. The molecule has 0 aromatic rings. The molecular weight excluding hydrogens is 249 g/mol. The highest BCUT2D eigenvalue weighted by Gasteiger charge is 2.32. The van der Waals surface area contributed by atoms with Gasteiger partial charge in [-0.25, -0.2) is 4.79 Å². The summed E-state index contributed by atoms with van der Waals surface area (Å²) < 4.78 is 35.6. The number of nitrogens with one attached hydrogen (secondary N) is 2. The fourth-order valence-electron chi connectivity index (χ4n) is 2.20. The third-order valence-corrected chi connectivity index (χ3v) is 3.32. The molecule has 1 rings (SSSR count). The molecule has 4 nitrogen and oxygen atoms in total. The first-order chi connectivity index (χ1) is 8.37. The summed E-state index contributed by atoms with van der Waals surface area (Å²) >= 11 is 0. The maximum atomic E-state index is 11.9. The largest absolute Gasteiger partial charge is 0.405 e. The molecule has 7 heteroatoms. The van der Waals surface area contributed by atoms with Crippen LogP contribution in [-0.2, 0) is 0 Å². The van der Waals surface area contributed by atoms with E-state index >= 15 is 0 Å². The van der Waals surface area contributed by atoms with Gasteiger partial charge in [-0.3, -0.25) is 0 Å². The van der Waals surface area contributed by atoms with E-state index in [9.17, 15) is 23.1 Å². The molecule has 0 aliphatic heterocycles. The molecular formula is C11H19F3N2O2. The van der Waals surface area contributed by atoms with Gasteiger partial charge in [0.15, 0.2) is 0 Å². The Kier molecular flexibility index (Phi) is 5.25. The second kappa shape index (κ2) is 6.26. The van der Waals surface area contributed by atoms with Gasteiger partial charge in [0.1, 0.15) is 6.54 Å². The van der Waals surface area contributed by atoms with Gasteiger partial charge in [-0.05, 0) is 12.8 Å². The van der Waals surface area contributed by atoms with Crippen LogP contribution < -0.4 is 10.6 Å². The molecule has 0 aromatic heterocycles. The minimum Gasteiger partial charge on any atom is -0.396 e. The van der Waals surface area contributed by atoms with Crippen molar-refractivity contribution in [2.45, 2.75) is 38.3 Å². The van der Waals surface area contributed by atoms with Crippen LogP contribution in [0.3, 0.4) is 0 Å². The van der Waals surface area contributed by atoms with Crippen molar-refractivity contribution < 1.29 is 23.1 Å². The van der Waals surface area contributed by atoms with Gasteiger partial charge in [0.2, 0.25) is 0 Å². The normalized spacial score (nSPS) is 19.3. The Balaban J connectivity index is 2.32. The summed E-state index contributed by atoms with van der Waals surface area (Å²) in [6.45, 7) is -1.18. The molecule has 0 spiro atoms. The van der Waals surface area contributed by atoms with Gasteiger partial charge in [0.05, 0.1) is 6.61 Å². The zero-order valence-corrected chi connectivity index (χ0v) is 10.1. The number of halogens is 3. The zero-order valence-electron chi connectivity index (χ0n) is 10.1. The smallest absolute Gasteiger partial charge is 0.396 e. The summed E-state index contributed by atoms with van der Waals surface area (Å²) in [5, 5.41) is 13.5. The van der Waals surface area contributed by atoms with Crippen molar-refractivity contribution in [1.29, 1.82) is 0 Å². The number of hydrogen-bond donors (Lipinski definition) is 3. The molecule has 0 aromatic carbocycles. The van der Waals surface area contributed by atoms with Crippen molar-refractivity contribution in [3.05, 3.63) is 0 Å². The molecule has 3 N–H and O–H groups in total. The molecule has 2 amide bonds. The lowest BCUT2D eigenvalue weighted by atomic mass is 9.74. The average Bonchev–Trinajstić information content (AvgIpc) is 2.34. The highest BCUT2D eigenvalue weighted by Crippen LogP contribution is 2.35. The summed E-state index contributed by atoms with van der Waals surface area (Å²) in [4.78, 5) is 11.2. The molecule has 1 saturated carbocycles. The third kappa shape index (κ3) is 5.12. The van der Waals surface area contributed by atoms with Gasteiger partial charge in [0, 0.05) is 12.0 Å². The summed E-state index contributed by atoms with van der Waals surface area (Å²) in [6, 6.07) is -0.842. The van der Waals surface area contributed by atoms with Crippen LogP contribution in [0.15, 0.2) is 0 Å². The Morgan fingerprint density at radius 2 is 1.78 bits per heavy atom. The molecule has 1 fully saturated rings. The molecule has 0 heterocycles. The number of rotatable bonds is 4. The minimum absolute atomic E-state index is 0.0491. The van der Waals surface area contributed by atoms with Gasteiger partial charge in [-0.15, -0.1) is 0 Å². The summed E-state index contributed by atoms with van der Waals surface area (Å²) in [6.07, 6.45) is 0.240. The number of aliphatic hydroxyl groups excluding tert-OH is 1. The number of aliphatic hydroxyl groups is 1. The molecule has 1 aliphatic carbocycles. The van der Waals surface area contributed by atoms with Crippen LogP contribution in [0.5, 0.6) is 0 Å². The van der Waals surface area contributed by atoms with Crippen molar-refractivity contribution in [2.24, 2.45) is 5.41 Å². The number of hydrogen-bond acceptors (Lipinski definition) is 2. The lowest BCUT2D eigenvalue weighted by molar-refractivity contribution is -0.122. The first kappa shape index (κ1) is 15.1. The van der Waals surface area contributed by atoms with Crippen LogP contribution in [0.1, 0.15) is 32.1 Å². The predicted octanol–water partition coefficient (Wildman–Crippen LogP) is 1.79. The second-order valence-corrected chi connectivity index (χ2v) is 4.87. The number of carbonyl (C=O) groups is 1. The monoisotopic (exact) mass is 268 g/mol. The van der Waals surface area contributed by atoms with E-state index in [1.165, 1.54) is 0 Å². The summed E-state index contributed by atoms with van der Waals surface area (Å²) in [5.74, 6) is 0. The van der Waals surface area contributed by atoms with E-state index in [0.717, 1.165) is 32.1 Å². The third-order valence-electron chi connectivity index (χ3n) is 3.32. The van der Waals surface area contributed by atoms with Gasteiger partial charge in [-0.2, -0.15) is 13.2 Å². The van der Waals surface area contributed by atoms with Crippen LogP contribution in [-0.4, -0.2) is 37.0 Å². The Morgan fingerprint density at radius 3 is 2.28 bits per heavy atom. The van der Waals surface area contributed by atoms with Crippen molar-refractivity contribution in [3.63, 3.8) is 0 Å². The van der Waals surface area contributed by atoms with Crippen molar-refractivity contribution in [2.75, 3.05) is 19.7 Å². The lowest BCUT2D eigenvalue weighted by Crippen LogP contribution is -2.47. The highest BCUT2D eigenvalue weighted by atomic mass is 19.4. The average molecular weight is 268 g/mol. The number of urea groups is 1. The fourth-order valence-corrected chi connectivity index (χ4v) is 2.20. The van der Waals surface area contributed by atoms with E-state index in [0.29, 0.717) is 0 Å². The number of carbonyl (C=O) groups excluding carboxylic acids is 1. The quantitative estimate of drug-likeness (QED) is 0.728. The Bertz CT molecular complexity index is 276. The molecule has 18 heavy (non-hydrogen) atoms. The topological polar surface area (TPSA) is 61.4 Å². The van der Waals surface area contributed by atoms with E-state index in [1.54, 1.807) is 5.32 Å². The van der Waals surface area contributed by atoms with Gasteiger partial charge < -0.3 is 15.7 Å². The van der Waals surface area contributed by atoms with Crippen LogP contribution in [0, 0.1) is 5.41 Å². The Hall–Kier alpha value is -0.980. The van der Waals surface area contributed by atoms with Crippen LogP contribution in [0.2, 0.25) is 0 Å². The SMILES string of the molecule is O=C(NCC(F)(F)F)NCC1(CO)CCCCC1. The van der Waals surface area contributed by atoms with Crippen LogP contribution in [0.25, 0.3) is 0 Å². The molecule has 0 atom stereocenters. The molecule has 0 unspecified atom stereocenters. The van der Waals surface area contributed by atoms with Crippen LogP contribution >= 0.6 is 0 Å². The minimum atomic E-state index is -4.41. The fraction of sp³-hybridized carbons (Fsp3) is 0.909. The Morgan fingerprint density at radius 1 is 1.17 bits per heavy atom. The van der Waals surface area contributed by atoms with Crippen molar-refractivity contribution >= 4 is 6.03 Å². The molecule has 0 bridgehead atoms. The summed E-state index contributed by atoms with van der Waals surface area (Å²) in [5.41, 5.74) is -0.367. The van der Waals surface area contributed by atoms with E-state index in [4.69, 9.17) is 0 Å². The van der Waals surface area contributed by atoms with Crippen molar-refractivity contribution in [3.8, 4) is 0 Å². The van der Waals surface area contributed by atoms with E-state index in [-0.39, 0.29) is 18.6 Å². The standard InChI is InChI=1S/C11H19F3N2O2/c12-11(13,14)7-16-9(18)15-6-10(8-17)4-2-1-3-5-10/h17H,1-8H2,(H2,15,16,18). The van der Waals surface area contributed by atoms with Gasteiger partial charge >= 0.3 is 12.2 Å². The maximum absolute atomic E-state index is 11.9. The van der Waals surface area contributed by atoms with Crippen LogP contribution in [0.4, 0.5) is 18.0 Å². The van der Waals surface area contributed by atoms with E-state index < -0.39 is 18.8 Å². The van der Waals surface area contributed by atoms with E-state index in [1.807, 2.05) is 0 Å².